The molecule has 3 heteroatoms. The van der Waals surface area contributed by atoms with Crippen LogP contribution in [0.2, 0.25) is 0 Å². The Morgan fingerprint density at radius 3 is 2.35 bits per heavy atom. The number of halogens is 2. The molecule has 0 bridgehead atoms. The highest BCUT2D eigenvalue weighted by Crippen LogP contribution is 2.41. The maximum absolute atomic E-state index is 12.8. The zero-order valence-electron chi connectivity index (χ0n) is 9.92. The fourth-order valence-corrected chi connectivity index (χ4v) is 4.60. The van der Waals surface area contributed by atoms with E-state index in [0.29, 0.717) is 5.41 Å². The first kappa shape index (κ1) is 13.4. The molecule has 17 heavy (non-hydrogen) atoms. The highest BCUT2D eigenvalue weighted by atomic mass is 79.9. The monoisotopic (exact) mass is 316 g/mol. The molecule has 0 nitrogen and oxygen atoms in total. The Labute approximate surface area is 116 Å². The summed E-state index contributed by atoms with van der Waals surface area (Å²) in [6, 6.07) is 6.85. The van der Waals surface area contributed by atoms with Gasteiger partial charge in [0.1, 0.15) is 5.82 Å². The minimum absolute atomic E-state index is 0.151. The van der Waals surface area contributed by atoms with Crippen LogP contribution in [0.25, 0.3) is 0 Å². The summed E-state index contributed by atoms with van der Waals surface area (Å²) in [6.45, 7) is 0. The predicted octanol–water partition coefficient (Wildman–Crippen LogP) is 5.26. The largest absolute Gasteiger partial charge is 0.207 e. The Hall–Kier alpha value is -0.0200. The molecule has 0 aliphatic heterocycles. The summed E-state index contributed by atoms with van der Waals surface area (Å²) < 4.78 is 12.8. The Morgan fingerprint density at radius 1 is 1.12 bits per heavy atom. The molecular weight excluding hydrogens is 299 g/mol. The van der Waals surface area contributed by atoms with Crippen molar-refractivity contribution in [3.8, 4) is 0 Å². The third-order valence-electron chi connectivity index (χ3n) is 3.56. The molecule has 0 spiro atoms. The summed E-state index contributed by atoms with van der Waals surface area (Å²) in [4.78, 5) is 1.18. The lowest BCUT2D eigenvalue weighted by Gasteiger charge is -2.35. The molecule has 1 saturated carbocycles. The van der Waals surface area contributed by atoms with Crippen LogP contribution in [0.15, 0.2) is 29.2 Å². The first-order valence-electron chi connectivity index (χ1n) is 6.18. The third-order valence-corrected chi connectivity index (χ3v) is 6.11. The van der Waals surface area contributed by atoms with Gasteiger partial charge in [0.05, 0.1) is 0 Å². The Balaban J connectivity index is 1.93. The molecule has 0 radical (unpaired) electrons. The molecule has 2 rings (SSSR count). The van der Waals surface area contributed by atoms with Gasteiger partial charge >= 0.3 is 0 Å². The maximum Gasteiger partial charge on any atom is 0.123 e. The van der Waals surface area contributed by atoms with Gasteiger partial charge in [-0.1, -0.05) is 35.2 Å². The molecule has 1 aromatic carbocycles. The van der Waals surface area contributed by atoms with Crippen molar-refractivity contribution in [2.24, 2.45) is 5.41 Å². The average molecular weight is 317 g/mol. The lowest BCUT2D eigenvalue weighted by atomic mass is 9.77. The number of hydrogen-bond acceptors (Lipinski definition) is 1. The number of hydrogen-bond donors (Lipinski definition) is 0. The molecule has 1 aromatic rings. The van der Waals surface area contributed by atoms with E-state index < -0.39 is 0 Å². The van der Waals surface area contributed by atoms with E-state index in [-0.39, 0.29) is 5.82 Å². The summed E-state index contributed by atoms with van der Waals surface area (Å²) in [5.41, 5.74) is 0.456. The van der Waals surface area contributed by atoms with Crippen LogP contribution in [0.1, 0.15) is 32.1 Å². The molecular formula is C14H18BrFS. The number of benzene rings is 1. The number of rotatable bonds is 4. The Kier molecular flexibility index (Phi) is 4.92. The van der Waals surface area contributed by atoms with E-state index in [1.807, 2.05) is 23.9 Å². The standard InChI is InChI=1S/C14H18BrFS/c15-10-14(8-2-1-3-9-14)11-17-13-6-4-12(16)5-7-13/h4-7H,1-3,8-11H2. The van der Waals surface area contributed by atoms with Gasteiger partial charge in [0.2, 0.25) is 0 Å². The smallest absolute Gasteiger partial charge is 0.123 e. The molecule has 1 fully saturated rings. The van der Waals surface area contributed by atoms with Crippen LogP contribution in [0.3, 0.4) is 0 Å². The second-order valence-corrected chi connectivity index (χ2v) is 6.55. The van der Waals surface area contributed by atoms with E-state index in [9.17, 15) is 4.39 Å². The van der Waals surface area contributed by atoms with Crippen LogP contribution in [0, 0.1) is 11.2 Å². The fraction of sp³-hybridized carbons (Fsp3) is 0.571. The highest BCUT2D eigenvalue weighted by Gasteiger charge is 2.30. The lowest BCUT2D eigenvalue weighted by Crippen LogP contribution is -2.28. The van der Waals surface area contributed by atoms with Gasteiger partial charge in [-0.05, 0) is 42.5 Å². The van der Waals surface area contributed by atoms with Crippen LogP contribution in [0.5, 0.6) is 0 Å². The van der Waals surface area contributed by atoms with Gasteiger partial charge in [-0.15, -0.1) is 11.8 Å². The van der Waals surface area contributed by atoms with Crippen molar-refractivity contribution in [1.82, 2.24) is 0 Å². The molecule has 1 aliphatic carbocycles. The number of thioether (sulfide) groups is 1. The molecule has 0 aromatic heterocycles. The van der Waals surface area contributed by atoms with Gasteiger partial charge in [0.15, 0.2) is 0 Å². The van der Waals surface area contributed by atoms with E-state index in [2.05, 4.69) is 15.9 Å². The molecule has 0 atom stereocenters. The van der Waals surface area contributed by atoms with Crippen molar-refractivity contribution < 1.29 is 4.39 Å². The van der Waals surface area contributed by atoms with E-state index in [1.54, 1.807) is 12.1 Å². The van der Waals surface area contributed by atoms with Gasteiger partial charge in [-0.25, -0.2) is 4.39 Å². The topological polar surface area (TPSA) is 0 Å². The van der Waals surface area contributed by atoms with Crippen LogP contribution in [-0.4, -0.2) is 11.1 Å². The summed E-state index contributed by atoms with van der Waals surface area (Å²) in [6.07, 6.45) is 6.75. The third kappa shape index (κ3) is 3.72. The van der Waals surface area contributed by atoms with E-state index in [1.165, 1.54) is 37.0 Å². The second-order valence-electron chi connectivity index (χ2n) is 4.94. The zero-order chi connectivity index (χ0) is 12.1. The van der Waals surface area contributed by atoms with Crippen molar-refractivity contribution in [3.05, 3.63) is 30.1 Å². The second kappa shape index (κ2) is 6.24. The van der Waals surface area contributed by atoms with Crippen molar-refractivity contribution in [2.45, 2.75) is 37.0 Å². The van der Waals surface area contributed by atoms with Gasteiger partial charge in [-0.2, -0.15) is 0 Å². The first-order valence-corrected chi connectivity index (χ1v) is 8.29. The summed E-state index contributed by atoms with van der Waals surface area (Å²) in [5.74, 6) is 0.992. The Bertz CT molecular complexity index is 344. The van der Waals surface area contributed by atoms with E-state index in [4.69, 9.17) is 0 Å². The van der Waals surface area contributed by atoms with Crippen molar-refractivity contribution in [3.63, 3.8) is 0 Å². The quantitative estimate of drug-likeness (QED) is 0.539. The van der Waals surface area contributed by atoms with Gasteiger partial charge in [0.25, 0.3) is 0 Å². The van der Waals surface area contributed by atoms with Crippen molar-refractivity contribution in [1.29, 1.82) is 0 Å². The fourth-order valence-electron chi connectivity index (χ4n) is 2.39. The molecule has 0 unspecified atom stereocenters. The zero-order valence-corrected chi connectivity index (χ0v) is 12.3. The summed E-state index contributed by atoms with van der Waals surface area (Å²) in [5, 5.41) is 1.09. The Morgan fingerprint density at radius 2 is 1.76 bits per heavy atom. The molecule has 1 aliphatic rings. The van der Waals surface area contributed by atoms with Gasteiger partial charge in [-0.3, -0.25) is 0 Å². The minimum Gasteiger partial charge on any atom is -0.207 e. The highest BCUT2D eigenvalue weighted by molar-refractivity contribution is 9.09. The normalized spacial score (nSPS) is 19.2. The maximum atomic E-state index is 12.8. The SMILES string of the molecule is Fc1ccc(SCC2(CBr)CCCCC2)cc1. The van der Waals surface area contributed by atoms with Gasteiger partial charge in [0, 0.05) is 16.0 Å². The number of alkyl halides is 1. The molecule has 0 N–H and O–H groups in total. The van der Waals surface area contributed by atoms with E-state index in [0.717, 1.165) is 11.1 Å². The van der Waals surface area contributed by atoms with Crippen LogP contribution in [0.4, 0.5) is 4.39 Å². The van der Waals surface area contributed by atoms with Crippen LogP contribution < -0.4 is 0 Å². The van der Waals surface area contributed by atoms with Gasteiger partial charge < -0.3 is 0 Å². The average Bonchev–Trinajstić information content (AvgIpc) is 2.39. The lowest BCUT2D eigenvalue weighted by molar-refractivity contribution is 0.260. The van der Waals surface area contributed by atoms with Crippen molar-refractivity contribution in [2.75, 3.05) is 11.1 Å². The molecule has 0 amide bonds. The van der Waals surface area contributed by atoms with Crippen LogP contribution in [-0.2, 0) is 0 Å². The van der Waals surface area contributed by atoms with E-state index >= 15 is 0 Å². The molecule has 0 heterocycles. The predicted molar refractivity (Wildman–Crippen MR) is 76.4 cm³/mol. The summed E-state index contributed by atoms with van der Waals surface area (Å²) >= 11 is 5.54. The van der Waals surface area contributed by atoms with Crippen molar-refractivity contribution >= 4 is 27.7 Å². The van der Waals surface area contributed by atoms with Crippen LogP contribution >= 0.6 is 27.7 Å². The summed E-state index contributed by atoms with van der Waals surface area (Å²) in [7, 11) is 0. The minimum atomic E-state index is -0.151. The molecule has 0 saturated heterocycles. The molecule has 94 valence electrons. The first-order chi connectivity index (χ1) is 8.24.